The standard InChI is InChI=1S/C9H11IS/c1-7-3-5-9(6-4-7)8(2)11-10/h3-6,8H,1-2H3/p+1. The second-order valence-corrected chi connectivity index (χ2v) is 5.33. The van der Waals surface area contributed by atoms with Gasteiger partial charge in [-0.1, -0.05) is 29.8 Å². The second-order valence-electron chi connectivity index (χ2n) is 2.68. The van der Waals surface area contributed by atoms with Gasteiger partial charge < -0.3 is 0 Å². The molecular formula is C9H12IS+. The average Bonchev–Trinajstić information content (AvgIpc) is 2.05. The highest BCUT2D eigenvalue weighted by atomic mass is 127. The predicted octanol–water partition coefficient (Wildman–Crippen LogP) is 3.22. The Hall–Kier alpha value is 0.300. The minimum atomic E-state index is 0.663. The molecule has 0 saturated heterocycles. The van der Waals surface area contributed by atoms with Gasteiger partial charge in [-0.25, -0.2) is 0 Å². The molecule has 60 valence electrons. The molecule has 0 fully saturated rings. The summed E-state index contributed by atoms with van der Waals surface area (Å²) in [5.41, 5.74) is 2.78. The fourth-order valence-corrected chi connectivity index (χ4v) is 2.15. The zero-order chi connectivity index (χ0) is 8.27. The van der Waals surface area contributed by atoms with Crippen LogP contribution < -0.4 is 0 Å². The smallest absolute Gasteiger partial charge is 0.0589 e. The minimum Gasteiger partial charge on any atom is -0.0589 e. The van der Waals surface area contributed by atoms with Gasteiger partial charge in [-0.05, 0) is 13.8 Å². The molecule has 1 rings (SSSR count). The van der Waals surface area contributed by atoms with Gasteiger partial charge in [0.2, 0.25) is 21.2 Å². The minimum absolute atomic E-state index is 0.663. The molecule has 11 heavy (non-hydrogen) atoms. The Bertz CT molecular complexity index is 218. The maximum atomic E-state index is 2.40. The van der Waals surface area contributed by atoms with Crippen LogP contribution in [0, 0.1) is 6.92 Å². The lowest BCUT2D eigenvalue weighted by molar-refractivity contribution is 1.10. The van der Waals surface area contributed by atoms with Gasteiger partial charge in [-0.15, -0.1) is 0 Å². The summed E-state index contributed by atoms with van der Waals surface area (Å²) in [7, 11) is 1.41. The molecule has 0 N–H and O–H groups in total. The van der Waals surface area contributed by atoms with Crippen LogP contribution in [0.15, 0.2) is 24.3 Å². The Kier molecular flexibility index (Phi) is 3.72. The molecule has 0 bridgehead atoms. The van der Waals surface area contributed by atoms with E-state index in [1.807, 2.05) is 0 Å². The van der Waals surface area contributed by atoms with E-state index in [0.29, 0.717) is 5.25 Å². The van der Waals surface area contributed by atoms with E-state index in [1.54, 1.807) is 0 Å². The predicted molar refractivity (Wildman–Crippen MR) is 62.4 cm³/mol. The lowest BCUT2D eigenvalue weighted by atomic mass is 10.1. The Morgan fingerprint density at radius 2 is 1.82 bits per heavy atom. The molecule has 2 heteroatoms. The average molecular weight is 279 g/mol. The number of aryl methyl sites for hydroxylation is 1. The molecule has 1 aromatic carbocycles. The van der Waals surface area contributed by atoms with Crippen molar-refractivity contribution in [3.63, 3.8) is 0 Å². The molecule has 0 heterocycles. The van der Waals surface area contributed by atoms with Crippen LogP contribution in [0.5, 0.6) is 0 Å². The molecule has 0 aliphatic carbocycles. The third kappa shape index (κ3) is 2.67. The normalized spacial score (nSPS) is 13.0. The van der Waals surface area contributed by atoms with E-state index in [1.165, 1.54) is 20.1 Å². The van der Waals surface area contributed by atoms with Crippen molar-refractivity contribution in [2.45, 2.75) is 19.1 Å². The van der Waals surface area contributed by atoms with Gasteiger partial charge in [0.1, 0.15) is 5.25 Å². The Labute approximate surface area is 84.4 Å². The number of thiol groups is 1. The van der Waals surface area contributed by atoms with Crippen molar-refractivity contribution in [1.82, 2.24) is 0 Å². The van der Waals surface area contributed by atoms with Gasteiger partial charge in [0, 0.05) is 14.5 Å². The van der Waals surface area contributed by atoms with Crippen LogP contribution in [0.3, 0.4) is 0 Å². The Morgan fingerprint density at radius 1 is 1.27 bits per heavy atom. The number of benzene rings is 1. The molecular weight excluding hydrogens is 267 g/mol. The van der Waals surface area contributed by atoms with E-state index in [0.717, 1.165) is 0 Å². The van der Waals surface area contributed by atoms with Gasteiger partial charge in [0.25, 0.3) is 0 Å². The van der Waals surface area contributed by atoms with Crippen molar-refractivity contribution in [3.05, 3.63) is 35.4 Å². The number of rotatable bonds is 2. The molecule has 0 spiro atoms. The first-order valence-corrected chi connectivity index (χ1v) is 7.36. The highest BCUT2D eigenvalue weighted by Gasteiger charge is 2.09. The first-order chi connectivity index (χ1) is 5.24. The molecule has 1 aromatic rings. The Balaban J connectivity index is 2.81. The van der Waals surface area contributed by atoms with E-state index in [-0.39, 0.29) is 0 Å². The first kappa shape index (κ1) is 9.39. The third-order valence-corrected chi connectivity index (χ3v) is 4.80. The summed E-state index contributed by atoms with van der Waals surface area (Å²) in [4.78, 5) is 0. The van der Waals surface area contributed by atoms with Gasteiger partial charge in [-0.3, -0.25) is 0 Å². The Morgan fingerprint density at radius 3 is 2.27 bits per heavy atom. The summed E-state index contributed by atoms with van der Waals surface area (Å²) in [6.07, 6.45) is 0. The van der Waals surface area contributed by atoms with E-state index in [2.05, 4.69) is 59.3 Å². The van der Waals surface area contributed by atoms with Crippen LogP contribution in [0.25, 0.3) is 0 Å². The van der Waals surface area contributed by atoms with E-state index < -0.39 is 0 Å². The van der Waals surface area contributed by atoms with Crippen LogP contribution in [0.4, 0.5) is 0 Å². The summed E-state index contributed by atoms with van der Waals surface area (Å²) < 4.78 is 0. The SMILES string of the molecule is Cc1ccc(C(C)[SH+]I)cc1. The van der Waals surface area contributed by atoms with Crippen LogP contribution in [0.1, 0.15) is 23.3 Å². The van der Waals surface area contributed by atoms with Gasteiger partial charge in [-0.2, -0.15) is 0 Å². The summed E-state index contributed by atoms with van der Waals surface area (Å²) in [6, 6.07) is 8.78. The molecule has 0 radical (unpaired) electrons. The fraction of sp³-hybridized carbons (Fsp3) is 0.333. The zero-order valence-corrected chi connectivity index (χ0v) is 9.76. The molecule has 0 amide bonds. The van der Waals surface area contributed by atoms with Gasteiger partial charge in [0.05, 0.1) is 0 Å². The lowest BCUT2D eigenvalue weighted by Crippen LogP contribution is -1.90. The lowest BCUT2D eigenvalue weighted by Gasteiger charge is -2.00. The fourth-order valence-electron chi connectivity index (χ4n) is 0.901. The molecule has 1 atom stereocenters. The summed E-state index contributed by atoms with van der Waals surface area (Å²) in [5, 5.41) is 0.663. The highest BCUT2D eigenvalue weighted by molar-refractivity contribution is 14.2. The molecule has 0 nitrogen and oxygen atoms in total. The zero-order valence-electron chi connectivity index (χ0n) is 6.71. The van der Waals surface area contributed by atoms with Crippen molar-refractivity contribution in [1.29, 1.82) is 0 Å². The topological polar surface area (TPSA) is 0 Å². The van der Waals surface area contributed by atoms with Crippen LogP contribution in [-0.4, -0.2) is 0 Å². The number of hydrogen-bond donors (Lipinski definition) is 0. The van der Waals surface area contributed by atoms with Crippen LogP contribution in [-0.2, 0) is 8.93 Å². The quantitative estimate of drug-likeness (QED) is 0.443. The van der Waals surface area contributed by atoms with Crippen LogP contribution >= 0.6 is 21.2 Å². The summed E-state index contributed by atoms with van der Waals surface area (Å²) in [6.45, 7) is 4.37. The van der Waals surface area contributed by atoms with E-state index in [4.69, 9.17) is 0 Å². The van der Waals surface area contributed by atoms with Crippen molar-refractivity contribution in [2.24, 2.45) is 0 Å². The number of hydrogen-bond acceptors (Lipinski definition) is 0. The first-order valence-electron chi connectivity index (χ1n) is 3.61. The van der Waals surface area contributed by atoms with E-state index >= 15 is 0 Å². The second kappa shape index (κ2) is 4.36. The molecule has 0 aliphatic heterocycles. The van der Waals surface area contributed by atoms with E-state index in [9.17, 15) is 0 Å². The highest BCUT2D eigenvalue weighted by Crippen LogP contribution is 2.19. The monoisotopic (exact) mass is 279 g/mol. The molecule has 0 aliphatic rings. The maximum absolute atomic E-state index is 2.40. The number of halogens is 1. The van der Waals surface area contributed by atoms with Gasteiger partial charge >= 0.3 is 0 Å². The van der Waals surface area contributed by atoms with Crippen molar-refractivity contribution in [3.8, 4) is 0 Å². The van der Waals surface area contributed by atoms with Crippen molar-refractivity contribution in [2.75, 3.05) is 0 Å². The third-order valence-electron chi connectivity index (χ3n) is 1.71. The van der Waals surface area contributed by atoms with Crippen molar-refractivity contribution >= 4 is 30.1 Å². The molecule has 0 aromatic heterocycles. The molecule has 1 unspecified atom stereocenters. The summed E-state index contributed by atoms with van der Waals surface area (Å²) >= 11 is 2.40. The van der Waals surface area contributed by atoms with Gasteiger partial charge in [0.15, 0.2) is 0 Å². The van der Waals surface area contributed by atoms with Crippen molar-refractivity contribution < 1.29 is 0 Å². The largest absolute Gasteiger partial charge is 0.248 e. The van der Waals surface area contributed by atoms with Crippen LogP contribution in [0.2, 0.25) is 0 Å². The summed E-state index contributed by atoms with van der Waals surface area (Å²) in [5.74, 6) is 0. The maximum Gasteiger partial charge on any atom is 0.248 e. The molecule has 0 saturated carbocycles.